The third kappa shape index (κ3) is 5.57. The van der Waals surface area contributed by atoms with E-state index >= 15 is 0 Å². The average Bonchev–Trinajstić information content (AvgIpc) is 3.67. The van der Waals surface area contributed by atoms with Crippen LogP contribution in [0.5, 0.6) is 0 Å². The first-order valence-corrected chi connectivity index (χ1v) is 22.4. The molecule has 4 nitrogen and oxygen atoms in total. The van der Waals surface area contributed by atoms with Crippen molar-refractivity contribution in [1.29, 1.82) is 0 Å². The van der Waals surface area contributed by atoms with Crippen molar-refractivity contribution in [3.8, 4) is 67.4 Å². The lowest BCUT2D eigenvalue weighted by Crippen LogP contribution is -2.32. The zero-order valence-electron chi connectivity index (χ0n) is 34.5. The largest absolute Gasteiger partial charge is 0.255 e. The zero-order valence-corrected chi connectivity index (χ0v) is 35.3. The van der Waals surface area contributed by atoms with E-state index < -0.39 is 5.41 Å². The van der Waals surface area contributed by atoms with Crippen molar-refractivity contribution >= 4 is 33.4 Å². The first-order chi connectivity index (χ1) is 31.7. The molecule has 0 saturated heterocycles. The second-order valence-electron chi connectivity index (χ2n) is 16.5. The second-order valence-corrected chi connectivity index (χ2v) is 17.5. The molecule has 13 rings (SSSR count). The van der Waals surface area contributed by atoms with Crippen LogP contribution >= 0.6 is 11.8 Å². The number of hydrogen-bond acceptors (Lipinski definition) is 5. The number of pyridine rings is 4. The quantitative estimate of drug-likeness (QED) is 0.162. The Bertz CT molecular complexity index is 3540. The molecule has 7 aromatic carbocycles. The number of hydrogen-bond donors (Lipinski definition) is 0. The van der Waals surface area contributed by atoms with Crippen LogP contribution in [0.3, 0.4) is 0 Å². The van der Waals surface area contributed by atoms with Gasteiger partial charge in [-0.3, -0.25) is 9.97 Å². The fourth-order valence-corrected chi connectivity index (χ4v) is 11.6. The molecule has 64 heavy (non-hydrogen) atoms. The molecule has 0 N–H and O–H groups in total. The molecule has 298 valence electrons. The van der Waals surface area contributed by atoms with Crippen LogP contribution in [0.1, 0.15) is 22.3 Å². The van der Waals surface area contributed by atoms with Crippen LogP contribution in [0.2, 0.25) is 0 Å². The number of nitrogens with zero attached hydrogens (tertiary/aromatic N) is 4. The van der Waals surface area contributed by atoms with E-state index in [2.05, 4.69) is 180 Å². The van der Waals surface area contributed by atoms with Crippen LogP contribution < -0.4 is 0 Å². The standard InChI is InChI=1S/C59H36N4S/c1-4-19-46-42(16-1)43-17-2-5-20-47(43)59(46)48-21-6-8-25-55(48)64-58-49(59)31-30-45-56(58)44-18-3-7-22-50(44)63-57(45)40-15-13-14-39(34-40)37-26-28-38(29-27-37)41-35-53(51-23-9-11-32-60-51)62-54(36-41)52-24-10-12-33-61-52/h1-36H. The Kier molecular flexibility index (Phi) is 8.33. The van der Waals surface area contributed by atoms with Crippen LogP contribution in [-0.2, 0) is 5.41 Å². The van der Waals surface area contributed by atoms with Gasteiger partial charge in [-0.25, -0.2) is 9.97 Å². The van der Waals surface area contributed by atoms with E-state index in [0.29, 0.717) is 0 Å². The Morgan fingerprint density at radius 3 is 1.64 bits per heavy atom. The molecule has 0 bridgehead atoms. The highest BCUT2D eigenvalue weighted by atomic mass is 32.2. The molecule has 5 heterocycles. The first-order valence-electron chi connectivity index (χ1n) is 21.6. The molecule has 0 radical (unpaired) electrons. The summed E-state index contributed by atoms with van der Waals surface area (Å²) < 4.78 is 0. The van der Waals surface area contributed by atoms with Gasteiger partial charge in [0.25, 0.3) is 0 Å². The van der Waals surface area contributed by atoms with Gasteiger partial charge in [0.2, 0.25) is 0 Å². The fraction of sp³-hybridized carbons (Fsp3) is 0.0169. The summed E-state index contributed by atoms with van der Waals surface area (Å²) in [5.41, 5.74) is 18.2. The van der Waals surface area contributed by atoms with Gasteiger partial charge in [0.15, 0.2) is 0 Å². The van der Waals surface area contributed by atoms with E-state index in [4.69, 9.17) is 9.97 Å². The topological polar surface area (TPSA) is 51.6 Å². The van der Waals surface area contributed by atoms with Gasteiger partial charge >= 0.3 is 0 Å². The smallest absolute Gasteiger partial charge is 0.0900 e. The molecular formula is C59H36N4S. The van der Waals surface area contributed by atoms with E-state index in [1.54, 1.807) is 12.4 Å². The highest BCUT2D eigenvalue weighted by Crippen LogP contribution is 2.63. The summed E-state index contributed by atoms with van der Waals surface area (Å²) in [6, 6.07) is 74.2. The Morgan fingerprint density at radius 2 is 0.953 bits per heavy atom. The van der Waals surface area contributed by atoms with Crippen molar-refractivity contribution in [2.24, 2.45) is 0 Å². The maximum atomic E-state index is 5.46. The van der Waals surface area contributed by atoms with E-state index in [-0.39, 0.29) is 0 Å². The highest BCUT2D eigenvalue weighted by Gasteiger charge is 2.50. The van der Waals surface area contributed by atoms with Crippen LogP contribution in [0.15, 0.2) is 228 Å². The molecule has 2 aliphatic rings. The van der Waals surface area contributed by atoms with Gasteiger partial charge in [0.1, 0.15) is 0 Å². The van der Waals surface area contributed by atoms with E-state index in [1.807, 2.05) is 48.2 Å². The number of para-hydroxylation sites is 1. The van der Waals surface area contributed by atoms with Crippen molar-refractivity contribution in [1.82, 2.24) is 19.9 Å². The molecule has 0 saturated carbocycles. The molecule has 0 atom stereocenters. The maximum Gasteiger partial charge on any atom is 0.0900 e. The summed E-state index contributed by atoms with van der Waals surface area (Å²) in [6.45, 7) is 0. The van der Waals surface area contributed by atoms with E-state index in [1.165, 1.54) is 53.9 Å². The Balaban J connectivity index is 0.953. The number of aromatic nitrogens is 4. The third-order valence-electron chi connectivity index (χ3n) is 13.0. The predicted molar refractivity (Wildman–Crippen MR) is 261 cm³/mol. The molecule has 5 heteroatoms. The average molecular weight is 833 g/mol. The molecule has 4 aromatic heterocycles. The second kappa shape index (κ2) is 14.6. The van der Waals surface area contributed by atoms with Crippen molar-refractivity contribution in [3.63, 3.8) is 0 Å². The molecular weight excluding hydrogens is 797 g/mol. The van der Waals surface area contributed by atoms with Crippen LogP contribution in [-0.4, -0.2) is 19.9 Å². The minimum Gasteiger partial charge on any atom is -0.255 e. The van der Waals surface area contributed by atoms with Gasteiger partial charge in [-0.05, 0) is 110 Å². The van der Waals surface area contributed by atoms with Crippen molar-refractivity contribution < 1.29 is 0 Å². The Morgan fingerprint density at radius 1 is 0.359 bits per heavy atom. The number of fused-ring (bicyclic) bond motifs is 13. The summed E-state index contributed by atoms with van der Waals surface area (Å²) >= 11 is 1.90. The van der Waals surface area contributed by atoms with Gasteiger partial charge in [0, 0.05) is 43.9 Å². The van der Waals surface area contributed by atoms with Crippen LogP contribution in [0, 0.1) is 0 Å². The summed E-state index contributed by atoms with van der Waals surface area (Å²) in [5.74, 6) is 0. The van der Waals surface area contributed by atoms with Gasteiger partial charge in [-0.2, -0.15) is 0 Å². The Hall–Kier alpha value is -7.99. The van der Waals surface area contributed by atoms with Gasteiger partial charge in [-0.15, -0.1) is 0 Å². The summed E-state index contributed by atoms with van der Waals surface area (Å²) in [4.78, 5) is 22.3. The molecule has 1 aliphatic heterocycles. The van der Waals surface area contributed by atoms with Gasteiger partial charge < -0.3 is 0 Å². The lowest BCUT2D eigenvalue weighted by atomic mass is 9.67. The summed E-state index contributed by atoms with van der Waals surface area (Å²) in [6.07, 6.45) is 3.61. The Labute approximate surface area is 375 Å². The van der Waals surface area contributed by atoms with Crippen molar-refractivity contribution in [2.45, 2.75) is 15.2 Å². The zero-order chi connectivity index (χ0) is 42.2. The predicted octanol–water partition coefficient (Wildman–Crippen LogP) is 14.7. The minimum atomic E-state index is -0.453. The molecule has 11 aromatic rings. The maximum absolute atomic E-state index is 5.46. The van der Waals surface area contributed by atoms with Crippen LogP contribution in [0.25, 0.3) is 89.1 Å². The van der Waals surface area contributed by atoms with Crippen LogP contribution in [0.4, 0.5) is 0 Å². The SMILES string of the molecule is c1ccc(-c2cc(-c3ccc(-c4cccc(-c5nc6ccccc6c6c7c(ccc56)C5(c6ccccc6S7)c6ccccc6-c6ccccc65)c4)cc3)cc(-c3ccccn3)n2)nc1. The molecule has 0 amide bonds. The van der Waals surface area contributed by atoms with Crippen molar-refractivity contribution in [3.05, 3.63) is 241 Å². The molecule has 0 fully saturated rings. The summed E-state index contributed by atoms with van der Waals surface area (Å²) in [5, 5.41) is 3.57. The number of benzene rings is 7. The first kappa shape index (κ1) is 36.6. The monoisotopic (exact) mass is 832 g/mol. The van der Waals surface area contributed by atoms with Gasteiger partial charge in [-0.1, -0.05) is 163 Å². The van der Waals surface area contributed by atoms with E-state index in [9.17, 15) is 0 Å². The minimum absolute atomic E-state index is 0.453. The van der Waals surface area contributed by atoms with Gasteiger partial charge in [0.05, 0.1) is 39.4 Å². The lowest BCUT2D eigenvalue weighted by molar-refractivity contribution is 0.726. The fourth-order valence-electron chi connectivity index (χ4n) is 10.3. The third-order valence-corrected chi connectivity index (χ3v) is 14.2. The lowest BCUT2D eigenvalue weighted by Gasteiger charge is -2.40. The number of rotatable bonds is 5. The molecule has 1 aliphatic carbocycles. The normalized spacial score (nSPS) is 13.1. The van der Waals surface area contributed by atoms with Crippen molar-refractivity contribution in [2.75, 3.05) is 0 Å². The van der Waals surface area contributed by atoms with E-state index in [0.717, 1.165) is 67.2 Å². The highest BCUT2D eigenvalue weighted by molar-refractivity contribution is 7.99. The molecule has 0 unspecified atom stereocenters. The summed E-state index contributed by atoms with van der Waals surface area (Å²) in [7, 11) is 0. The molecule has 1 spiro atoms.